The quantitative estimate of drug-likeness (QED) is 0.852. The highest BCUT2D eigenvalue weighted by atomic mass is 16.5. The van der Waals surface area contributed by atoms with Gasteiger partial charge in [0.2, 0.25) is 5.91 Å². The van der Waals surface area contributed by atoms with Crippen molar-refractivity contribution in [1.82, 2.24) is 0 Å². The maximum atomic E-state index is 12.0. The van der Waals surface area contributed by atoms with Gasteiger partial charge in [-0.1, -0.05) is 30.3 Å². The Kier molecular flexibility index (Phi) is 3.42. The molecule has 0 aliphatic carbocycles. The molecule has 3 rings (SSSR count). The van der Waals surface area contributed by atoms with E-state index >= 15 is 0 Å². The largest absolute Gasteiger partial charge is 0.497 e. The number of rotatable bonds is 3. The summed E-state index contributed by atoms with van der Waals surface area (Å²) in [6, 6.07) is 16.0. The van der Waals surface area contributed by atoms with E-state index in [9.17, 15) is 4.79 Å². The predicted molar refractivity (Wildman–Crippen MR) is 80.0 cm³/mol. The van der Waals surface area contributed by atoms with E-state index in [1.54, 1.807) is 7.11 Å². The van der Waals surface area contributed by atoms with Crippen molar-refractivity contribution in [3.05, 3.63) is 48.5 Å². The number of carbonyl (C=O) groups excluding carboxylic acids is 1. The third-order valence-corrected chi connectivity index (χ3v) is 3.65. The van der Waals surface area contributed by atoms with Gasteiger partial charge in [-0.2, -0.15) is 0 Å². The molecule has 102 valence electrons. The van der Waals surface area contributed by atoms with Crippen LogP contribution >= 0.6 is 0 Å². The molecule has 1 fully saturated rings. The first-order chi connectivity index (χ1) is 9.79. The van der Waals surface area contributed by atoms with Crippen LogP contribution in [0.15, 0.2) is 48.5 Å². The first kappa shape index (κ1) is 12.7. The normalized spacial score (nSPS) is 14.7. The molecule has 1 aliphatic heterocycles. The van der Waals surface area contributed by atoms with Crippen LogP contribution in [0.25, 0.3) is 11.1 Å². The number of ether oxygens (including phenoxy) is 1. The monoisotopic (exact) mass is 267 g/mol. The lowest BCUT2D eigenvalue weighted by Crippen LogP contribution is -2.24. The Hall–Kier alpha value is -2.29. The van der Waals surface area contributed by atoms with E-state index in [-0.39, 0.29) is 5.91 Å². The highest BCUT2D eigenvalue weighted by Gasteiger charge is 2.24. The van der Waals surface area contributed by atoms with E-state index in [1.807, 2.05) is 41.3 Å². The van der Waals surface area contributed by atoms with Crippen molar-refractivity contribution in [2.24, 2.45) is 0 Å². The van der Waals surface area contributed by atoms with Gasteiger partial charge in [0, 0.05) is 18.5 Å². The van der Waals surface area contributed by atoms with E-state index < -0.39 is 0 Å². The van der Waals surface area contributed by atoms with E-state index in [1.165, 1.54) is 0 Å². The molecule has 1 heterocycles. The van der Waals surface area contributed by atoms with Crippen LogP contribution in [0.3, 0.4) is 0 Å². The molecule has 0 bridgehead atoms. The van der Waals surface area contributed by atoms with Crippen LogP contribution in [-0.4, -0.2) is 19.6 Å². The lowest BCUT2D eigenvalue weighted by molar-refractivity contribution is -0.117. The van der Waals surface area contributed by atoms with Gasteiger partial charge in [0.15, 0.2) is 0 Å². The van der Waals surface area contributed by atoms with E-state index in [4.69, 9.17) is 4.74 Å². The van der Waals surface area contributed by atoms with Gasteiger partial charge in [-0.15, -0.1) is 0 Å². The first-order valence-corrected chi connectivity index (χ1v) is 6.83. The standard InChI is InChI=1S/C17H17NO2/c1-20-14-9-10-16(18-11-5-8-17(18)19)15(12-14)13-6-3-2-4-7-13/h2-4,6-7,9-10,12H,5,8,11H2,1H3. The fourth-order valence-electron chi connectivity index (χ4n) is 2.63. The molecule has 0 saturated carbocycles. The Bertz CT molecular complexity index is 622. The third-order valence-electron chi connectivity index (χ3n) is 3.65. The Balaban J connectivity index is 2.12. The van der Waals surface area contributed by atoms with E-state index in [0.717, 1.165) is 35.5 Å². The molecule has 0 radical (unpaired) electrons. The molecule has 1 amide bonds. The maximum Gasteiger partial charge on any atom is 0.227 e. The van der Waals surface area contributed by atoms with Crippen molar-refractivity contribution < 1.29 is 9.53 Å². The van der Waals surface area contributed by atoms with E-state index in [2.05, 4.69) is 12.1 Å². The summed E-state index contributed by atoms with van der Waals surface area (Å²) in [7, 11) is 1.66. The number of benzene rings is 2. The first-order valence-electron chi connectivity index (χ1n) is 6.83. The molecule has 20 heavy (non-hydrogen) atoms. The fraction of sp³-hybridized carbons (Fsp3) is 0.235. The second-order valence-corrected chi connectivity index (χ2v) is 4.90. The topological polar surface area (TPSA) is 29.5 Å². The van der Waals surface area contributed by atoms with Crippen molar-refractivity contribution in [2.45, 2.75) is 12.8 Å². The minimum atomic E-state index is 0.201. The van der Waals surface area contributed by atoms with Gasteiger partial charge in [-0.05, 0) is 30.2 Å². The number of hydrogen-bond donors (Lipinski definition) is 0. The Labute approximate surface area is 118 Å². The molecule has 0 N–H and O–H groups in total. The van der Waals surface area contributed by atoms with Gasteiger partial charge in [-0.3, -0.25) is 4.79 Å². The van der Waals surface area contributed by atoms with Crippen molar-refractivity contribution in [2.75, 3.05) is 18.6 Å². The molecule has 0 atom stereocenters. The molecule has 0 spiro atoms. The highest BCUT2D eigenvalue weighted by Crippen LogP contribution is 2.35. The minimum absolute atomic E-state index is 0.201. The molecule has 2 aromatic carbocycles. The van der Waals surface area contributed by atoms with Crippen LogP contribution in [-0.2, 0) is 4.79 Å². The van der Waals surface area contributed by atoms with Crippen LogP contribution in [0, 0.1) is 0 Å². The van der Waals surface area contributed by atoms with Gasteiger partial charge in [0.05, 0.1) is 12.8 Å². The minimum Gasteiger partial charge on any atom is -0.497 e. The van der Waals surface area contributed by atoms with Crippen LogP contribution in [0.2, 0.25) is 0 Å². The number of carbonyl (C=O) groups is 1. The molecule has 1 aliphatic rings. The van der Waals surface area contributed by atoms with Crippen LogP contribution in [0.5, 0.6) is 5.75 Å². The summed E-state index contributed by atoms with van der Waals surface area (Å²) in [5.41, 5.74) is 3.11. The van der Waals surface area contributed by atoms with Crippen molar-refractivity contribution in [1.29, 1.82) is 0 Å². The number of hydrogen-bond acceptors (Lipinski definition) is 2. The second kappa shape index (κ2) is 5.37. The second-order valence-electron chi connectivity index (χ2n) is 4.90. The van der Waals surface area contributed by atoms with Crippen molar-refractivity contribution in [3.8, 4) is 16.9 Å². The molecule has 3 nitrogen and oxygen atoms in total. The summed E-state index contributed by atoms with van der Waals surface area (Å²) in [5.74, 6) is 1.01. The van der Waals surface area contributed by atoms with Gasteiger partial charge in [-0.25, -0.2) is 0 Å². The Morgan fingerprint density at radius 3 is 2.55 bits per heavy atom. The van der Waals surface area contributed by atoms with E-state index in [0.29, 0.717) is 6.42 Å². The number of methoxy groups -OCH3 is 1. The maximum absolute atomic E-state index is 12.0. The lowest BCUT2D eigenvalue weighted by atomic mass is 10.0. The van der Waals surface area contributed by atoms with Crippen molar-refractivity contribution in [3.63, 3.8) is 0 Å². The molecular formula is C17H17NO2. The summed E-state index contributed by atoms with van der Waals surface area (Å²) >= 11 is 0. The van der Waals surface area contributed by atoms with Gasteiger partial charge < -0.3 is 9.64 Å². The average Bonchev–Trinajstić information content (AvgIpc) is 2.93. The Morgan fingerprint density at radius 1 is 1.10 bits per heavy atom. The Morgan fingerprint density at radius 2 is 1.90 bits per heavy atom. The zero-order valence-corrected chi connectivity index (χ0v) is 11.5. The number of anilines is 1. The summed E-state index contributed by atoms with van der Waals surface area (Å²) < 4.78 is 5.32. The molecular weight excluding hydrogens is 250 g/mol. The number of amides is 1. The molecule has 3 heteroatoms. The lowest BCUT2D eigenvalue weighted by Gasteiger charge is -2.20. The van der Waals surface area contributed by atoms with Crippen LogP contribution in [0.4, 0.5) is 5.69 Å². The van der Waals surface area contributed by atoms with Gasteiger partial charge >= 0.3 is 0 Å². The van der Waals surface area contributed by atoms with Crippen molar-refractivity contribution >= 4 is 11.6 Å². The summed E-state index contributed by atoms with van der Waals surface area (Å²) in [4.78, 5) is 13.9. The third kappa shape index (κ3) is 2.27. The van der Waals surface area contributed by atoms with Gasteiger partial charge in [0.25, 0.3) is 0 Å². The summed E-state index contributed by atoms with van der Waals surface area (Å²) in [6.45, 7) is 0.797. The van der Waals surface area contributed by atoms with Gasteiger partial charge in [0.1, 0.15) is 5.75 Å². The molecule has 2 aromatic rings. The summed E-state index contributed by atoms with van der Waals surface area (Å²) in [5, 5.41) is 0. The predicted octanol–water partition coefficient (Wildman–Crippen LogP) is 3.49. The zero-order valence-electron chi connectivity index (χ0n) is 11.5. The zero-order chi connectivity index (χ0) is 13.9. The SMILES string of the molecule is COc1ccc(N2CCCC2=O)c(-c2ccccc2)c1. The van der Waals surface area contributed by atoms with Crippen LogP contribution in [0.1, 0.15) is 12.8 Å². The fourth-order valence-corrected chi connectivity index (χ4v) is 2.63. The number of nitrogens with zero attached hydrogens (tertiary/aromatic N) is 1. The van der Waals surface area contributed by atoms with Crippen LogP contribution < -0.4 is 9.64 Å². The molecule has 1 saturated heterocycles. The molecule has 0 aromatic heterocycles. The molecule has 0 unspecified atom stereocenters. The average molecular weight is 267 g/mol. The summed E-state index contributed by atoms with van der Waals surface area (Å²) in [6.07, 6.45) is 1.57. The highest BCUT2D eigenvalue weighted by molar-refractivity contribution is 5.99. The smallest absolute Gasteiger partial charge is 0.227 e.